The first-order valence-corrected chi connectivity index (χ1v) is 7.27. The summed E-state index contributed by atoms with van der Waals surface area (Å²) in [5, 5.41) is 4.52. The number of hydrogen-bond donors (Lipinski definition) is 1. The van der Waals surface area contributed by atoms with E-state index in [2.05, 4.69) is 17.4 Å². The van der Waals surface area contributed by atoms with Gasteiger partial charge in [-0.25, -0.2) is 0 Å². The van der Waals surface area contributed by atoms with E-state index in [-0.39, 0.29) is 5.91 Å². The normalized spacial score (nSPS) is 26.6. The van der Waals surface area contributed by atoms with Crippen LogP contribution in [0, 0.1) is 0 Å². The Balaban J connectivity index is 1.60. The molecule has 2 unspecified atom stereocenters. The highest BCUT2D eigenvalue weighted by Gasteiger charge is 2.27. The fourth-order valence-electron chi connectivity index (χ4n) is 3.19. The van der Waals surface area contributed by atoms with E-state index in [4.69, 9.17) is 11.6 Å². The SMILES string of the molecule is CN1CC(NC2Cc3ccc(Cl)cc3C2)CCC1=O. The maximum atomic E-state index is 11.5. The summed E-state index contributed by atoms with van der Waals surface area (Å²) in [6.07, 6.45) is 3.74. The van der Waals surface area contributed by atoms with Crippen LogP contribution in [0.25, 0.3) is 0 Å². The summed E-state index contributed by atoms with van der Waals surface area (Å²) >= 11 is 6.03. The first-order chi connectivity index (χ1) is 9.11. The number of benzene rings is 1. The van der Waals surface area contributed by atoms with E-state index in [1.54, 1.807) is 0 Å². The molecule has 102 valence electrons. The summed E-state index contributed by atoms with van der Waals surface area (Å²) in [6.45, 7) is 0.826. The molecular weight excluding hydrogens is 260 g/mol. The Morgan fingerprint density at radius 3 is 2.84 bits per heavy atom. The molecule has 2 atom stereocenters. The van der Waals surface area contributed by atoms with Gasteiger partial charge in [0.05, 0.1) is 0 Å². The predicted octanol–water partition coefficient (Wildman–Crippen LogP) is 2.02. The number of carbonyl (C=O) groups is 1. The highest BCUT2D eigenvalue weighted by atomic mass is 35.5. The summed E-state index contributed by atoms with van der Waals surface area (Å²) < 4.78 is 0. The lowest BCUT2D eigenvalue weighted by molar-refractivity contribution is -0.132. The molecular formula is C15H19ClN2O. The third-order valence-corrected chi connectivity index (χ3v) is 4.43. The minimum absolute atomic E-state index is 0.263. The number of carbonyl (C=O) groups excluding carboxylic acids is 1. The van der Waals surface area contributed by atoms with Gasteiger partial charge in [-0.05, 0) is 42.5 Å². The second-order valence-corrected chi connectivity index (χ2v) is 6.13. The Labute approximate surface area is 118 Å². The van der Waals surface area contributed by atoms with Crippen LogP contribution in [-0.2, 0) is 17.6 Å². The Hall–Kier alpha value is -1.06. The third kappa shape index (κ3) is 2.77. The number of halogens is 1. The van der Waals surface area contributed by atoms with Gasteiger partial charge in [-0.3, -0.25) is 4.79 Å². The highest BCUT2D eigenvalue weighted by molar-refractivity contribution is 6.30. The Morgan fingerprint density at radius 1 is 1.26 bits per heavy atom. The zero-order valence-electron chi connectivity index (χ0n) is 11.2. The lowest BCUT2D eigenvalue weighted by Gasteiger charge is -2.32. The Morgan fingerprint density at radius 2 is 2.05 bits per heavy atom. The van der Waals surface area contributed by atoms with Gasteiger partial charge in [0.1, 0.15) is 0 Å². The fraction of sp³-hybridized carbons (Fsp3) is 0.533. The second-order valence-electron chi connectivity index (χ2n) is 5.69. The molecule has 1 aromatic carbocycles. The number of likely N-dealkylation sites (N-methyl/N-ethyl adjacent to an activating group) is 1. The quantitative estimate of drug-likeness (QED) is 0.898. The summed E-state index contributed by atoms with van der Waals surface area (Å²) in [7, 11) is 1.89. The van der Waals surface area contributed by atoms with Gasteiger partial charge in [-0.2, -0.15) is 0 Å². The molecule has 1 heterocycles. The topological polar surface area (TPSA) is 32.3 Å². The summed E-state index contributed by atoms with van der Waals surface area (Å²) in [6, 6.07) is 7.10. The van der Waals surface area contributed by atoms with E-state index in [1.165, 1.54) is 11.1 Å². The van der Waals surface area contributed by atoms with Crippen molar-refractivity contribution in [1.82, 2.24) is 10.2 Å². The van der Waals surface area contributed by atoms with Gasteiger partial charge >= 0.3 is 0 Å². The van der Waals surface area contributed by atoms with E-state index < -0.39 is 0 Å². The maximum absolute atomic E-state index is 11.5. The van der Waals surface area contributed by atoms with Gasteiger partial charge in [0.15, 0.2) is 0 Å². The van der Waals surface area contributed by atoms with Crippen LogP contribution in [0.1, 0.15) is 24.0 Å². The molecule has 0 bridgehead atoms. The number of rotatable bonds is 2. The number of fused-ring (bicyclic) bond motifs is 1. The monoisotopic (exact) mass is 278 g/mol. The van der Waals surface area contributed by atoms with E-state index >= 15 is 0 Å². The van der Waals surface area contributed by atoms with Crippen LogP contribution in [0.2, 0.25) is 5.02 Å². The maximum Gasteiger partial charge on any atom is 0.222 e. The van der Waals surface area contributed by atoms with E-state index in [1.807, 2.05) is 18.0 Å². The molecule has 1 fully saturated rings. The Bertz CT molecular complexity index is 503. The molecule has 2 aliphatic rings. The van der Waals surface area contributed by atoms with Crippen molar-refractivity contribution in [2.24, 2.45) is 0 Å². The van der Waals surface area contributed by atoms with Crippen molar-refractivity contribution < 1.29 is 4.79 Å². The van der Waals surface area contributed by atoms with Gasteiger partial charge in [-0.1, -0.05) is 17.7 Å². The lowest BCUT2D eigenvalue weighted by Crippen LogP contribution is -2.50. The van der Waals surface area contributed by atoms with Gasteiger partial charge in [-0.15, -0.1) is 0 Å². The number of hydrogen-bond acceptors (Lipinski definition) is 2. The fourth-order valence-corrected chi connectivity index (χ4v) is 3.38. The van der Waals surface area contributed by atoms with E-state index in [0.29, 0.717) is 18.5 Å². The molecule has 3 rings (SSSR count). The van der Waals surface area contributed by atoms with Crippen molar-refractivity contribution in [3.8, 4) is 0 Å². The minimum Gasteiger partial charge on any atom is -0.344 e. The van der Waals surface area contributed by atoms with Gasteiger partial charge in [0.2, 0.25) is 5.91 Å². The first kappa shape index (κ1) is 12.9. The van der Waals surface area contributed by atoms with Gasteiger partial charge < -0.3 is 10.2 Å². The number of amides is 1. The van der Waals surface area contributed by atoms with Crippen molar-refractivity contribution in [3.05, 3.63) is 34.3 Å². The van der Waals surface area contributed by atoms with Crippen molar-refractivity contribution in [1.29, 1.82) is 0 Å². The highest BCUT2D eigenvalue weighted by Crippen LogP contribution is 2.26. The van der Waals surface area contributed by atoms with Crippen molar-refractivity contribution in [3.63, 3.8) is 0 Å². The van der Waals surface area contributed by atoms with Crippen LogP contribution >= 0.6 is 11.6 Å². The lowest BCUT2D eigenvalue weighted by atomic mass is 10.0. The van der Waals surface area contributed by atoms with Gasteiger partial charge in [0.25, 0.3) is 0 Å². The molecule has 0 spiro atoms. The smallest absolute Gasteiger partial charge is 0.222 e. The molecule has 0 radical (unpaired) electrons. The van der Waals surface area contributed by atoms with Crippen LogP contribution in [0.5, 0.6) is 0 Å². The number of nitrogens with one attached hydrogen (secondary N) is 1. The zero-order chi connectivity index (χ0) is 13.4. The molecule has 1 amide bonds. The Kier molecular flexibility index (Phi) is 3.50. The molecule has 1 N–H and O–H groups in total. The van der Waals surface area contributed by atoms with E-state index in [9.17, 15) is 4.79 Å². The summed E-state index contributed by atoms with van der Waals surface area (Å²) in [5.74, 6) is 0.263. The molecule has 3 nitrogen and oxygen atoms in total. The first-order valence-electron chi connectivity index (χ1n) is 6.89. The van der Waals surface area contributed by atoms with E-state index in [0.717, 1.165) is 30.8 Å². The van der Waals surface area contributed by atoms with Crippen LogP contribution in [0.15, 0.2) is 18.2 Å². The zero-order valence-corrected chi connectivity index (χ0v) is 11.9. The summed E-state index contributed by atoms with van der Waals surface area (Å²) in [5.41, 5.74) is 2.77. The molecule has 1 aromatic rings. The summed E-state index contributed by atoms with van der Waals surface area (Å²) in [4.78, 5) is 13.3. The van der Waals surface area contributed by atoms with Crippen LogP contribution in [-0.4, -0.2) is 36.5 Å². The molecule has 0 saturated carbocycles. The minimum atomic E-state index is 0.263. The van der Waals surface area contributed by atoms with Crippen LogP contribution < -0.4 is 5.32 Å². The average molecular weight is 279 g/mol. The van der Waals surface area contributed by atoms with Crippen LogP contribution in [0.3, 0.4) is 0 Å². The van der Waals surface area contributed by atoms with Crippen molar-refractivity contribution in [2.75, 3.05) is 13.6 Å². The van der Waals surface area contributed by atoms with Crippen molar-refractivity contribution >= 4 is 17.5 Å². The number of likely N-dealkylation sites (tertiary alicyclic amines) is 1. The number of nitrogens with zero attached hydrogens (tertiary/aromatic N) is 1. The van der Waals surface area contributed by atoms with Gasteiger partial charge in [0, 0.05) is 37.1 Å². The third-order valence-electron chi connectivity index (χ3n) is 4.20. The number of piperidine rings is 1. The average Bonchev–Trinajstić information content (AvgIpc) is 2.75. The standard InChI is InChI=1S/C15H19ClN2O/c1-18-9-13(4-5-15(18)19)17-14-7-10-2-3-12(16)6-11(10)8-14/h2-3,6,13-14,17H,4-5,7-9H2,1H3. The molecule has 0 aromatic heterocycles. The molecule has 1 aliphatic heterocycles. The molecule has 4 heteroatoms. The molecule has 1 aliphatic carbocycles. The van der Waals surface area contributed by atoms with Crippen LogP contribution in [0.4, 0.5) is 0 Å². The molecule has 19 heavy (non-hydrogen) atoms. The van der Waals surface area contributed by atoms with Crippen molar-refractivity contribution in [2.45, 2.75) is 37.8 Å². The molecule has 1 saturated heterocycles. The predicted molar refractivity (Wildman–Crippen MR) is 76.4 cm³/mol. The largest absolute Gasteiger partial charge is 0.344 e. The second kappa shape index (κ2) is 5.14.